The van der Waals surface area contributed by atoms with E-state index >= 15 is 0 Å². The number of hydrogen-bond acceptors (Lipinski definition) is 4. The van der Waals surface area contributed by atoms with Crippen molar-refractivity contribution < 1.29 is 14.2 Å². The van der Waals surface area contributed by atoms with Crippen LogP contribution in [0.25, 0.3) is 0 Å². The van der Waals surface area contributed by atoms with Gasteiger partial charge in [0.2, 0.25) is 0 Å². The molecular formula is C15H14BrNO3S. The van der Waals surface area contributed by atoms with Crippen LogP contribution in [0.5, 0.6) is 23.0 Å². The maximum Gasteiger partial charge on any atom is 0.138 e. The van der Waals surface area contributed by atoms with Crippen LogP contribution >= 0.6 is 28.1 Å². The molecule has 0 aromatic heterocycles. The minimum absolute atomic E-state index is 0.271. The molecule has 2 N–H and O–H groups in total. The molecule has 2 aromatic rings. The molecule has 4 nitrogen and oxygen atoms in total. The first-order valence-corrected chi connectivity index (χ1v) is 7.24. The van der Waals surface area contributed by atoms with Gasteiger partial charge in [0.15, 0.2) is 0 Å². The Bertz CT molecular complexity index is 654. The molecule has 0 heterocycles. The molecule has 0 saturated carbocycles. The van der Waals surface area contributed by atoms with Crippen LogP contribution in [0.15, 0.2) is 40.9 Å². The number of rotatable bonds is 5. The van der Waals surface area contributed by atoms with Crippen molar-refractivity contribution >= 4 is 33.1 Å². The Balaban J connectivity index is 2.42. The zero-order valence-electron chi connectivity index (χ0n) is 11.6. The summed E-state index contributed by atoms with van der Waals surface area (Å²) < 4.78 is 17.2. The van der Waals surface area contributed by atoms with Crippen LogP contribution in [0.4, 0.5) is 0 Å². The number of benzene rings is 2. The van der Waals surface area contributed by atoms with Gasteiger partial charge in [0.25, 0.3) is 0 Å². The van der Waals surface area contributed by atoms with Crippen LogP contribution in [0.3, 0.4) is 0 Å². The molecule has 2 rings (SSSR count). The highest BCUT2D eigenvalue weighted by atomic mass is 79.9. The van der Waals surface area contributed by atoms with Gasteiger partial charge in [-0.05, 0) is 18.2 Å². The summed E-state index contributed by atoms with van der Waals surface area (Å²) in [6.45, 7) is 0. The van der Waals surface area contributed by atoms with Crippen molar-refractivity contribution in [2.75, 3.05) is 14.2 Å². The van der Waals surface area contributed by atoms with Gasteiger partial charge in [0.1, 0.15) is 28.0 Å². The second-order valence-corrected chi connectivity index (χ2v) is 5.51. The van der Waals surface area contributed by atoms with Gasteiger partial charge in [-0.2, -0.15) is 0 Å². The summed E-state index contributed by atoms with van der Waals surface area (Å²) in [5.74, 6) is 2.40. The molecule has 0 saturated heterocycles. The normalized spacial score (nSPS) is 10.0. The Kier molecular flexibility index (Phi) is 5.03. The van der Waals surface area contributed by atoms with Crippen LogP contribution in [0, 0.1) is 0 Å². The largest absolute Gasteiger partial charge is 0.496 e. The lowest BCUT2D eigenvalue weighted by Gasteiger charge is -2.13. The van der Waals surface area contributed by atoms with Crippen molar-refractivity contribution in [3.8, 4) is 23.0 Å². The molecule has 0 aliphatic carbocycles. The lowest BCUT2D eigenvalue weighted by atomic mass is 10.2. The van der Waals surface area contributed by atoms with Gasteiger partial charge in [0.05, 0.1) is 19.8 Å². The summed E-state index contributed by atoms with van der Waals surface area (Å²) in [6, 6.07) is 10.7. The predicted octanol–water partition coefficient (Wildman–Crippen LogP) is 3.89. The maximum atomic E-state index is 5.88. The van der Waals surface area contributed by atoms with Gasteiger partial charge in [-0.3, -0.25) is 0 Å². The average Bonchev–Trinajstić information content (AvgIpc) is 2.46. The standard InChI is InChI=1S/C15H14BrNO3S/c1-18-10-6-11(19-2)8-12(7-10)20-14-5-9(16)3-4-13(14)15(17)21/h3-8H,1-2H3,(H2,17,21). The fourth-order valence-corrected chi connectivity index (χ4v) is 2.26. The van der Waals surface area contributed by atoms with E-state index in [2.05, 4.69) is 15.9 Å². The number of halogens is 1. The van der Waals surface area contributed by atoms with Crippen LogP contribution in [-0.2, 0) is 0 Å². The molecule has 110 valence electrons. The topological polar surface area (TPSA) is 53.7 Å². The third-order valence-electron chi connectivity index (χ3n) is 2.76. The molecule has 0 bridgehead atoms. The van der Waals surface area contributed by atoms with Crippen LogP contribution < -0.4 is 19.9 Å². The molecule has 0 radical (unpaired) electrons. The molecule has 6 heteroatoms. The highest BCUT2D eigenvalue weighted by Gasteiger charge is 2.10. The van der Waals surface area contributed by atoms with E-state index in [9.17, 15) is 0 Å². The summed E-state index contributed by atoms with van der Waals surface area (Å²) in [6.07, 6.45) is 0. The minimum Gasteiger partial charge on any atom is -0.496 e. The molecule has 21 heavy (non-hydrogen) atoms. The Morgan fingerprint density at radius 2 is 1.57 bits per heavy atom. The average molecular weight is 368 g/mol. The Hall–Kier alpha value is -1.79. The molecule has 0 amide bonds. The zero-order valence-corrected chi connectivity index (χ0v) is 14.0. The smallest absolute Gasteiger partial charge is 0.138 e. The first-order chi connectivity index (χ1) is 10.0. The van der Waals surface area contributed by atoms with Gasteiger partial charge in [-0.1, -0.05) is 28.1 Å². The maximum absolute atomic E-state index is 5.88. The van der Waals surface area contributed by atoms with Crippen molar-refractivity contribution in [3.63, 3.8) is 0 Å². The van der Waals surface area contributed by atoms with Gasteiger partial charge >= 0.3 is 0 Å². The van der Waals surface area contributed by atoms with Crippen LogP contribution in [0.1, 0.15) is 5.56 Å². The SMILES string of the molecule is COc1cc(OC)cc(Oc2cc(Br)ccc2C(N)=S)c1. The van der Waals surface area contributed by atoms with Gasteiger partial charge in [-0.25, -0.2) is 0 Å². The predicted molar refractivity (Wildman–Crippen MR) is 89.6 cm³/mol. The molecule has 0 atom stereocenters. The third-order valence-corrected chi connectivity index (χ3v) is 3.48. The number of methoxy groups -OCH3 is 2. The quantitative estimate of drug-likeness (QED) is 0.812. The second kappa shape index (κ2) is 6.78. The van der Waals surface area contributed by atoms with E-state index in [1.165, 1.54) is 0 Å². The Labute approximate surface area is 136 Å². The van der Waals surface area contributed by atoms with Crippen molar-refractivity contribution in [2.24, 2.45) is 5.73 Å². The molecular weight excluding hydrogens is 354 g/mol. The van der Waals surface area contributed by atoms with Crippen molar-refractivity contribution in [2.45, 2.75) is 0 Å². The fraction of sp³-hybridized carbons (Fsp3) is 0.133. The van der Waals surface area contributed by atoms with Crippen molar-refractivity contribution in [1.29, 1.82) is 0 Å². The summed E-state index contributed by atoms with van der Waals surface area (Å²) in [5.41, 5.74) is 6.38. The lowest BCUT2D eigenvalue weighted by Crippen LogP contribution is -2.10. The van der Waals surface area contributed by atoms with E-state index in [-0.39, 0.29) is 4.99 Å². The van der Waals surface area contributed by atoms with Crippen LogP contribution in [-0.4, -0.2) is 19.2 Å². The summed E-state index contributed by atoms with van der Waals surface area (Å²) >= 11 is 8.44. The molecule has 0 fully saturated rings. The Morgan fingerprint density at radius 3 is 2.10 bits per heavy atom. The first-order valence-electron chi connectivity index (χ1n) is 6.03. The second-order valence-electron chi connectivity index (χ2n) is 4.16. The van der Waals surface area contributed by atoms with E-state index in [1.807, 2.05) is 6.07 Å². The fourth-order valence-electron chi connectivity index (χ4n) is 1.75. The highest BCUT2D eigenvalue weighted by Crippen LogP contribution is 2.33. The van der Waals surface area contributed by atoms with E-state index < -0.39 is 0 Å². The molecule has 0 unspecified atom stereocenters. The van der Waals surface area contributed by atoms with Crippen molar-refractivity contribution in [3.05, 3.63) is 46.4 Å². The first kappa shape index (κ1) is 15.6. The number of thiocarbonyl (C=S) groups is 1. The van der Waals surface area contributed by atoms with Gasteiger partial charge in [0, 0.05) is 22.7 Å². The van der Waals surface area contributed by atoms with E-state index in [0.29, 0.717) is 28.6 Å². The minimum atomic E-state index is 0.271. The number of hydrogen-bond donors (Lipinski definition) is 1. The highest BCUT2D eigenvalue weighted by molar-refractivity contribution is 9.10. The van der Waals surface area contributed by atoms with Crippen LogP contribution in [0.2, 0.25) is 0 Å². The third kappa shape index (κ3) is 3.86. The molecule has 0 aliphatic heterocycles. The van der Waals surface area contributed by atoms with Gasteiger partial charge < -0.3 is 19.9 Å². The molecule has 0 aliphatic rings. The molecule has 0 spiro atoms. The summed E-state index contributed by atoms with van der Waals surface area (Å²) in [5, 5.41) is 0. The zero-order chi connectivity index (χ0) is 15.4. The molecule has 2 aromatic carbocycles. The van der Waals surface area contributed by atoms with Crippen molar-refractivity contribution in [1.82, 2.24) is 0 Å². The number of ether oxygens (including phenoxy) is 3. The lowest BCUT2D eigenvalue weighted by molar-refractivity contribution is 0.386. The monoisotopic (exact) mass is 367 g/mol. The number of nitrogens with two attached hydrogens (primary N) is 1. The van der Waals surface area contributed by atoms with E-state index in [0.717, 1.165) is 4.47 Å². The van der Waals surface area contributed by atoms with Gasteiger partial charge in [-0.15, -0.1) is 0 Å². The van der Waals surface area contributed by atoms with E-state index in [1.54, 1.807) is 44.6 Å². The Morgan fingerprint density at radius 1 is 1.00 bits per heavy atom. The van der Waals surface area contributed by atoms with E-state index in [4.69, 9.17) is 32.2 Å². The summed E-state index contributed by atoms with van der Waals surface area (Å²) in [4.78, 5) is 0.271. The summed E-state index contributed by atoms with van der Waals surface area (Å²) in [7, 11) is 3.16.